The fraction of sp³-hybridized carbons (Fsp3) is 0.345. The summed E-state index contributed by atoms with van der Waals surface area (Å²) in [7, 11) is 14.9. The van der Waals surface area contributed by atoms with Gasteiger partial charge in [0.2, 0.25) is 0 Å². The normalized spacial score (nSPS) is 11.8. The van der Waals surface area contributed by atoms with Gasteiger partial charge in [0.15, 0.2) is 5.75 Å². The van der Waals surface area contributed by atoms with Crippen molar-refractivity contribution in [1.82, 2.24) is 0 Å². The summed E-state index contributed by atoms with van der Waals surface area (Å²) >= 11 is -1.92. The van der Waals surface area contributed by atoms with Gasteiger partial charge in [-0.05, 0) is 59.6 Å². The third-order valence-electron chi connectivity index (χ3n) is 5.64. The summed E-state index contributed by atoms with van der Waals surface area (Å²) in [6.07, 6.45) is 1.74. The Labute approximate surface area is 233 Å². The van der Waals surface area contributed by atoms with Crippen LogP contribution in [0.5, 0.6) is 17.2 Å². The maximum atomic E-state index is 11.0. The second-order valence-electron chi connectivity index (χ2n) is 10.7. The van der Waals surface area contributed by atoms with Gasteiger partial charge in [-0.1, -0.05) is 77.9 Å². The van der Waals surface area contributed by atoms with Gasteiger partial charge < -0.3 is 9.84 Å². The molecule has 0 bridgehead atoms. The number of para-hydroxylation sites is 3. The molecule has 0 fully saturated rings. The van der Waals surface area contributed by atoms with Gasteiger partial charge in [0.1, 0.15) is 17.2 Å². The summed E-state index contributed by atoms with van der Waals surface area (Å²) in [6.45, 7) is 17.0. The fourth-order valence-electron chi connectivity index (χ4n) is 3.62. The number of phenolic OH excluding ortho intramolecular Hbond substituents is 1. The summed E-state index contributed by atoms with van der Waals surface area (Å²) in [6, 6.07) is 18.0. The molecule has 0 aliphatic carbocycles. The number of aliphatic imine (C=N–C) groups is 1. The Balaban J connectivity index is 0.00000106. The Morgan fingerprint density at radius 1 is 0.833 bits per heavy atom. The van der Waals surface area contributed by atoms with Gasteiger partial charge in [0.25, 0.3) is 0 Å². The molecular weight excluding hydrogens is 549 g/mol. The summed E-state index contributed by atoms with van der Waals surface area (Å²) in [4.78, 5) is 4.73. The summed E-state index contributed by atoms with van der Waals surface area (Å²) < 4.78 is 6.27. The molecule has 0 spiro atoms. The van der Waals surface area contributed by atoms with Crippen molar-refractivity contribution in [2.24, 2.45) is 4.99 Å². The van der Waals surface area contributed by atoms with E-state index in [0.717, 1.165) is 22.4 Å². The Morgan fingerprint density at radius 2 is 1.39 bits per heavy atom. The van der Waals surface area contributed by atoms with Crippen molar-refractivity contribution in [3.63, 3.8) is 0 Å². The minimum atomic E-state index is -1.92. The predicted octanol–water partition coefficient (Wildman–Crippen LogP) is 10.2. The molecule has 3 aromatic rings. The fourth-order valence-corrected chi connectivity index (χ4v) is 3.62. The van der Waals surface area contributed by atoms with Crippen LogP contribution in [0.25, 0.3) is 0 Å². The number of phenols is 1. The Kier molecular flexibility index (Phi) is 11.0. The first kappa shape index (κ1) is 30.7. The molecule has 36 heavy (non-hydrogen) atoms. The molecule has 0 atom stereocenters. The van der Waals surface area contributed by atoms with Crippen molar-refractivity contribution in [3.05, 3.63) is 82.4 Å². The van der Waals surface area contributed by atoms with Gasteiger partial charge in [-0.15, -0.1) is 0 Å². The van der Waals surface area contributed by atoms with Crippen molar-refractivity contribution >= 4 is 39.8 Å². The standard InChI is InChI=1S/C29H35NO2.3ClH.Ti/c1-19-12-11-13-20(2)27(19)32-25-15-10-9-14-24(25)30-18-21-16-22(28(3,4)5)17-23(26(21)31)29(6,7)8;;;;/h9-18,31H,1-8H3;3*1H;/q;;;;+3/p-3. The molecule has 0 saturated carbocycles. The number of hydrogen-bond acceptors (Lipinski definition) is 3. The summed E-state index contributed by atoms with van der Waals surface area (Å²) in [5.74, 6) is 1.81. The van der Waals surface area contributed by atoms with Crippen LogP contribution in [0.2, 0.25) is 0 Å². The SMILES string of the molecule is Cc1cccc(C)c1Oc1ccccc1N=Cc1cc(C(C)(C)C)cc(C(C)(C)C)c1O.[Cl][Ti]([Cl])[Cl]. The zero-order valence-corrected chi connectivity index (χ0v) is 26.0. The average Bonchev–Trinajstić information content (AvgIpc) is 2.74. The zero-order valence-electron chi connectivity index (χ0n) is 22.2. The molecule has 0 radical (unpaired) electrons. The van der Waals surface area contributed by atoms with Gasteiger partial charge in [-0.25, -0.2) is 0 Å². The van der Waals surface area contributed by atoms with Crippen molar-refractivity contribution < 1.29 is 24.5 Å². The Hall–Kier alpha value is -1.49. The number of hydrogen-bond donors (Lipinski definition) is 1. The summed E-state index contributed by atoms with van der Waals surface area (Å²) in [5.41, 5.74) is 5.45. The van der Waals surface area contributed by atoms with E-state index in [9.17, 15) is 5.11 Å². The molecule has 7 heteroatoms. The van der Waals surface area contributed by atoms with Crippen LogP contribution in [0.3, 0.4) is 0 Å². The van der Waals surface area contributed by atoms with Crippen molar-refractivity contribution in [3.8, 4) is 17.2 Å². The van der Waals surface area contributed by atoms with Gasteiger partial charge in [-0.3, -0.25) is 4.99 Å². The quantitative estimate of drug-likeness (QED) is 0.245. The van der Waals surface area contributed by atoms with Crippen LogP contribution >= 0.6 is 27.9 Å². The van der Waals surface area contributed by atoms with Crippen LogP contribution in [0.4, 0.5) is 5.69 Å². The molecular formula is C29H35Cl3NO2Ti. The number of halogens is 3. The van der Waals surface area contributed by atoms with E-state index in [0.29, 0.717) is 17.0 Å². The van der Waals surface area contributed by atoms with E-state index in [1.54, 1.807) is 6.21 Å². The first-order chi connectivity index (χ1) is 16.6. The van der Waals surface area contributed by atoms with Crippen molar-refractivity contribution in [2.75, 3.05) is 0 Å². The van der Waals surface area contributed by atoms with Crippen molar-refractivity contribution in [2.45, 2.75) is 66.2 Å². The number of aryl methyl sites for hydroxylation is 2. The molecule has 0 amide bonds. The van der Waals surface area contributed by atoms with Crippen LogP contribution in [0.15, 0.2) is 59.6 Å². The van der Waals surface area contributed by atoms with E-state index in [-0.39, 0.29) is 16.6 Å². The van der Waals surface area contributed by atoms with Crippen LogP contribution in [-0.2, 0) is 25.5 Å². The first-order valence-electron chi connectivity index (χ1n) is 11.7. The minimum absolute atomic E-state index is 0.0420. The topological polar surface area (TPSA) is 41.8 Å². The molecule has 0 aliphatic rings. The van der Waals surface area contributed by atoms with Crippen LogP contribution in [-0.4, -0.2) is 11.3 Å². The van der Waals surface area contributed by atoms with E-state index in [1.807, 2.05) is 62.4 Å². The maximum absolute atomic E-state index is 11.0. The monoisotopic (exact) mass is 582 g/mol. The van der Waals surface area contributed by atoms with E-state index in [2.05, 4.69) is 47.6 Å². The van der Waals surface area contributed by atoms with Gasteiger partial charge in [-0.2, -0.15) is 0 Å². The average molecular weight is 584 g/mol. The second-order valence-corrected chi connectivity index (χ2v) is 18.5. The number of benzene rings is 3. The van der Waals surface area contributed by atoms with Gasteiger partial charge >= 0.3 is 42.6 Å². The molecule has 0 heterocycles. The molecule has 3 rings (SSSR count). The zero-order chi connectivity index (χ0) is 27.3. The Morgan fingerprint density at radius 3 is 1.92 bits per heavy atom. The molecule has 0 aromatic heterocycles. The van der Waals surface area contributed by atoms with Gasteiger partial charge in [0.05, 0.1) is 0 Å². The molecule has 1 N–H and O–H groups in total. The van der Waals surface area contributed by atoms with E-state index in [1.165, 1.54) is 5.56 Å². The molecule has 0 saturated heterocycles. The third kappa shape index (κ3) is 8.82. The van der Waals surface area contributed by atoms with Crippen LogP contribution in [0, 0.1) is 13.8 Å². The second kappa shape index (κ2) is 12.8. The van der Waals surface area contributed by atoms with E-state index >= 15 is 0 Å². The van der Waals surface area contributed by atoms with Crippen LogP contribution in [0.1, 0.15) is 69.4 Å². The number of ether oxygens (including phenoxy) is 1. The molecule has 0 aliphatic heterocycles. The Bertz CT molecular complexity index is 1190. The molecule has 0 unspecified atom stereocenters. The van der Waals surface area contributed by atoms with Crippen LogP contribution < -0.4 is 4.74 Å². The number of nitrogens with zero attached hydrogens (tertiary/aromatic N) is 1. The number of aromatic hydroxyl groups is 1. The molecule has 3 nitrogen and oxygen atoms in total. The predicted molar refractivity (Wildman–Crippen MR) is 153 cm³/mol. The van der Waals surface area contributed by atoms with Crippen molar-refractivity contribution in [1.29, 1.82) is 0 Å². The molecule has 193 valence electrons. The number of rotatable bonds is 4. The molecule has 3 aromatic carbocycles. The van der Waals surface area contributed by atoms with E-state index < -0.39 is 14.7 Å². The van der Waals surface area contributed by atoms with Gasteiger partial charge in [0, 0.05) is 17.3 Å². The first-order valence-corrected chi connectivity index (χ1v) is 18.1. The van der Waals surface area contributed by atoms with E-state index in [4.69, 9.17) is 37.6 Å². The third-order valence-corrected chi connectivity index (χ3v) is 5.64. The summed E-state index contributed by atoms with van der Waals surface area (Å²) in [5, 5.41) is 11.0.